The van der Waals surface area contributed by atoms with Crippen molar-refractivity contribution in [2.45, 2.75) is 82.6 Å². The van der Waals surface area contributed by atoms with Gasteiger partial charge in [0.05, 0.1) is 35.0 Å². The van der Waals surface area contributed by atoms with E-state index in [9.17, 15) is 24.6 Å². The largest absolute Gasteiger partial charge is 0.508 e. The predicted octanol–water partition coefficient (Wildman–Crippen LogP) is 4.65. The van der Waals surface area contributed by atoms with Gasteiger partial charge in [0, 0.05) is 11.8 Å². The number of carboxylic acid groups (broad SMARTS) is 1. The second kappa shape index (κ2) is 10.8. The minimum Gasteiger partial charge on any atom is -0.477 e. The van der Waals surface area contributed by atoms with Crippen LogP contribution in [0.4, 0.5) is 4.79 Å². The molecule has 2 fully saturated rings. The van der Waals surface area contributed by atoms with Crippen molar-refractivity contribution in [1.82, 2.24) is 14.3 Å². The summed E-state index contributed by atoms with van der Waals surface area (Å²) < 4.78 is 13.1. The van der Waals surface area contributed by atoms with E-state index >= 15 is 0 Å². The molecule has 212 valence electrons. The van der Waals surface area contributed by atoms with E-state index in [1.54, 1.807) is 20.2 Å². The van der Waals surface area contributed by atoms with Crippen LogP contribution in [-0.2, 0) is 19.1 Å². The van der Waals surface area contributed by atoms with Gasteiger partial charge in [0.2, 0.25) is 5.91 Å². The SMILES string of the molecule is CCOC(=O)OC(CC1CCCCC1)[C@]1(C)C(c2cn3cnc(SC)c3s2)=C(C(=O)O)N2C(=O)[C@H]([C@@H](C)O)[C@H]21. The molecule has 2 N–H and O–H groups in total. The van der Waals surface area contributed by atoms with Crippen LogP contribution < -0.4 is 0 Å². The number of hydrogen-bond acceptors (Lipinski definition) is 9. The highest BCUT2D eigenvalue weighted by molar-refractivity contribution is 7.98. The highest BCUT2D eigenvalue weighted by Crippen LogP contribution is 2.61. The molecule has 1 unspecified atom stereocenters. The van der Waals surface area contributed by atoms with Crippen LogP contribution in [0, 0.1) is 17.3 Å². The van der Waals surface area contributed by atoms with E-state index in [1.807, 2.05) is 23.8 Å². The summed E-state index contributed by atoms with van der Waals surface area (Å²) in [4.78, 5) is 46.2. The summed E-state index contributed by atoms with van der Waals surface area (Å²) in [5.74, 6) is -2.21. The van der Waals surface area contributed by atoms with Crippen molar-refractivity contribution < 1.29 is 34.1 Å². The number of aliphatic hydroxyl groups is 1. The number of hydrogen-bond donors (Lipinski definition) is 2. The van der Waals surface area contributed by atoms with Crippen LogP contribution in [-0.4, -0.2) is 73.6 Å². The average molecular weight is 578 g/mol. The van der Waals surface area contributed by atoms with Gasteiger partial charge >= 0.3 is 12.1 Å². The average Bonchev–Trinajstić information content (AvgIpc) is 3.53. The Morgan fingerprint density at radius 2 is 2.03 bits per heavy atom. The topological polar surface area (TPSA) is 131 Å². The van der Waals surface area contributed by atoms with Crippen molar-refractivity contribution >= 4 is 51.5 Å². The van der Waals surface area contributed by atoms with Crippen molar-refractivity contribution in [3.05, 3.63) is 23.1 Å². The molecule has 0 radical (unpaired) electrons. The van der Waals surface area contributed by atoms with Gasteiger partial charge in [0.1, 0.15) is 28.0 Å². The Morgan fingerprint density at radius 1 is 1.31 bits per heavy atom. The lowest BCUT2D eigenvalue weighted by Crippen LogP contribution is -2.68. The van der Waals surface area contributed by atoms with Gasteiger partial charge in [-0.15, -0.1) is 23.1 Å². The molecule has 0 bridgehead atoms. The van der Waals surface area contributed by atoms with Gasteiger partial charge in [0.25, 0.3) is 0 Å². The number of aromatic nitrogens is 2. The molecule has 5 atom stereocenters. The standard InChI is InChI=1S/C27H35N3O7S2/c1-5-36-26(35)37-17(11-15-9-7-6-8-10-15)27(3)19(16-12-29-13-28-22(38-4)24(29)39-16)20(25(33)34)30-21(27)18(14(2)31)23(30)32/h12-15,17-18,21,31H,5-11H2,1-4H3,(H,33,34)/t14-,17?,18-,21+,27-/m1/s1. The molecule has 1 amide bonds. The minimum absolute atomic E-state index is 0.117. The van der Waals surface area contributed by atoms with Crippen molar-refractivity contribution in [2.75, 3.05) is 12.9 Å². The first-order valence-electron chi connectivity index (χ1n) is 13.5. The molecule has 1 saturated heterocycles. The van der Waals surface area contributed by atoms with E-state index in [0.29, 0.717) is 16.9 Å². The van der Waals surface area contributed by atoms with Crippen molar-refractivity contribution in [2.24, 2.45) is 17.3 Å². The minimum atomic E-state index is -1.23. The zero-order valence-electron chi connectivity index (χ0n) is 22.6. The highest BCUT2D eigenvalue weighted by Gasteiger charge is 2.69. The molecule has 1 saturated carbocycles. The van der Waals surface area contributed by atoms with Gasteiger partial charge in [-0.05, 0) is 39.4 Å². The summed E-state index contributed by atoms with van der Waals surface area (Å²) in [6.07, 6.45) is 8.67. The van der Waals surface area contributed by atoms with E-state index in [-0.39, 0.29) is 18.2 Å². The molecule has 2 aliphatic heterocycles. The van der Waals surface area contributed by atoms with E-state index < -0.39 is 47.6 Å². The quantitative estimate of drug-likeness (QED) is 0.248. The van der Waals surface area contributed by atoms with Crippen molar-refractivity contribution in [1.29, 1.82) is 0 Å². The molecular formula is C27H35N3O7S2. The molecule has 1 aliphatic carbocycles. The number of β-lactam (4-membered cyclic amide) rings is 1. The van der Waals surface area contributed by atoms with Gasteiger partial charge < -0.3 is 24.6 Å². The molecule has 12 heteroatoms. The van der Waals surface area contributed by atoms with Crippen LogP contribution in [0.5, 0.6) is 0 Å². The molecule has 2 aromatic heterocycles. The van der Waals surface area contributed by atoms with E-state index in [0.717, 1.165) is 42.0 Å². The first-order valence-corrected chi connectivity index (χ1v) is 15.5. The van der Waals surface area contributed by atoms with Crippen LogP contribution in [0.1, 0.15) is 64.2 Å². The van der Waals surface area contributed by atoms with Gasteiger partial charge in [-0.1, -0.05) is 32.1 Å². The van der Waals surface area contributed by atoms with Crippen molar-refractivity contribution in [3.8, 4) is 0 Å². The number of nitrogens with zero attached hydrogens (tertiary/aromatic N) is 3. The fraction of sp³-hybridized carbons (Fsp3) is 0.630. The first kappa shape index (κ1) is 28.0. The molecule has 39 heavy (non-hydrogen) atoms. The number of carboxylic acids is 1. The molecular weight excluding hydrogens is 542 g/mol. The number of rotatable bonds is 9. The Kier molecular flexibility index (Phi) is 7.73. The van der Waals surface area contributed by atoms with E-state index in [1.165, 1.54) is 28.0 Å². The maximum atomic E-state index is 13.3. The van der Waals surface area contributed by atoms with Gasteiger partial charge in [-0.25, -0.2) is 14.6 Å². The molecule has 3 aliphatic rings. The Labute approximate surface area is 235 Å². The Hall–Kier alpha value is -2.57. The molecule has 0 aromatic carbocycles. The number of aliphatic hydroxyl groups excluding tert-OH is 1. The van der Waals surface area contributed by atoms with Crippen LogP contribution >= 0.6 is 23.1 Å². The summed E-state index contributed by atoms with van der Waals surface area (Å²) in [5, 5.41) is 21.9. The Morgan fingerprint density at radius 3 is 2.64 bits per heavy atom. The second-order valence-electron chi connectivity index (χ2n) is 10.8. The van der Waals surface area contributed by atoms with Crippen LogP contribution in [0.3, 0.4) is 0 Å². The number of aliphatic carboxylic acids is 1. The first-order chi connectivity index (χ1) is 18.6. The second-order valence-corrected chi connectivity index (χ2v) is 12.6. The fourth-order valence-electron chi connectivity index (χ4n) is 6.78. The monoisotopic (exact) mass is 577 g/mol. The van der Waals surface area contributed by atoms with Gasteiger partial charge in [0.15, 0.2) is 0 Å². The molecule has 5 rings (SSSR count). The molecule has 10 nitrogen and oxygen atoms in total. The number of ether oxygens (including phenoxy) is 2. The maximum Gasteiger partial charge on any atom is 0.508 e. The number of thioether (sulfide) groups is 1. The molecule has 4 heterocycles. The van der Waals surface area contributed by atoms with E-state index in [4.69, 9.17) is 9.47 Å². The number of amides is 1. The lowest BCUT2D eigenvalue weighted by Gasteiger charge is -2.53. The predicted molar refractivity (Wildman–Crippen MR) is 146 cm³/mol. The summed E-state index contributed by atoms with van der Waals surface area (Å²) in [6, 6.07) is -0.686. The number of carbonyl (C=O) groups excluding carboxylic acids is 2. The van der Waals surface area contributed by atoms with Crippen LogP contribution in [0.25, 0.3) is 10.4 Å². The lowest BCUT2D eigenvalue weighted by molar-refractivity contribution is -0.171. The van der Waals surface area contributed by atoms with Crippen LogP contribution in [0.15, 0.2) is 23.2 Å². The third-order valence-electron chi connectivity index (χ3n) is 8.56. The third kappa shape index (κ3) is 4.54. The smallest absolute Gasteiger partial charge is 0.477 e. The molecule has 0 spiro atoms. The number of imidazole rings is 1. The molecule has 2 aromatic rings. The number of thiazole rings is 1. The summed E-state index contributed by atoms with van der Waals surface area (Å²) in [5.41, 5.74) is -0.778. The van der Waals surface area contributed by atoms with Gasteiger partial charge in [-0.2, -0.15) is 0 Å². The van der Waals surface area contributed by atoms with Crippen molar-refractivity contribution in [3.63, 3.8) is 0 Å². The highest BCUT2D eigenvalue weighted by atomic mass is 32.2. The Balaban J connectivity index is 1.70. The van der Waals surface area contributed by atoms with E-state index in [2.05, 4.69) is 4.98 Å². The van der Waals surface area contributed by atoms with Gasteiger partial charge in [-0.3, -0.25) is 9.20 Å². The zero-order valence-corrected chi connectivity index (χ0v) is 24.2. The summed E-state index contributed by atoms with van der Waals surface area (Å²) in [6.45, 7) is 5.27. The summed E-state index contributed by atoms with van der Waals surface area (Å²) >= 11 is 2.89. The Bertz CT molecular complexity index is 1310. The maximum absolute atomic E-state index is 13.3. The lowest BCUT2D eigenvalue weighted by atomic mass is 9.62. The normalized spacial score (nSPS) is 26.9. The summed E-state index contributed by atoms with van der Waals surface area (Å²) in [7, 11) is 0. The zero-order chi connectivity index (χ0) is 28.1. The number of fused-ring (bicyclic) bond motifs is 2. The number of carbonyl (C=O) groups is 3. The third-order valence-corrected chi connectivity index (χ3v) is 10.5. The van der Waals surface area contributed by atoms with Crippen LogP contribution in [0.2, 0.25) is 0 Å². The fourth-order valence-corrected chi connectivity index (χ4v) is 8.73.